The number of hydrazine groups is 1. The Kier molecular flexibility index (Phi) is 6.90. The Morgan fingerprint density at radius 3 is 2.36 bits per heavy atom. The molecule has 0 aliphatic heterocycles. The van der Waals surface area contributed by atoms with E-state index in [1.807, 2.05) is 66.7 Å². The molecule has 36 heavy (non-hydrogen) atoms. The molecule has 2 aromatic heterocycles. The van der Waals surface area contributed by atoms with Gasteiger partial charge in [0.05, 0.1) is 22.7 Å². The summed E-state index contributed by atoms with van der Waals surface area (Å²) in [6.45, 7) is -0.253. The van der Waals surface area contributed by atoms with Crippen LogP contribution in [0.4, 0.5) is 0 Å². The highest BCUT2D eigenvalue weighted by molar-refractivity contribution is 7.14. The van der Waals surface area contributed by atoms with Crippen LogP contribution in [0.15, 0.2) is 72.9 Å². The first-order valence-electron chi connectivity index (χ1n) is 11.8. The van der Waals surface area contributed by atoms with E-state index < -0.39 is 11.8 Å². The first kappa shape index (κ1) is 23.5. The molecule has 1 aliphatic carbocycles. The Labute approximate surface area is 212 Å². The minimum absolute atomic E-state index is 0.253. The number of nitrogens with one attached hydrogen (secondary N) is 3. The Morgan fingerprint density at radius 2 is 1.61 bits per heavy atom. The molecule has 3 amide bonds. The van der Waals surface area contributed by atoms with Crippen molar-refractivity contribution in [1.82, 2.24) is 25.9 Å². The number of nitrogens with zero attached hydrogens (tertiary/aromatic N) is 2. The molecule has 5 rings (SSSR count). The largest absolute Gasteiger partial charge is 0.342 e. The Bertz CT molecular complexity index is 1370. The zero-order valence-corrected chi connectivity index (χ0v) is 20.3. The molecular formula is C27H25N5O3S. The van der Waals surface area contributed by atoms with E-state index in [1.54, 1.807) is 10.9 Å². The second-order valence-corrected chi connectivity index (χ2v) is 9.63. The summed E-state index contributed by atoms with van der Waals surface area (Å²) in [6, 6.07) is 20.7. The average Bonchev–Trinajstić information content (AvgIpc) is 3.57. The van der Waals surface area contributed by atoms with E-state index in [0.29, 0.717) is 16.1 Å². The van der Waals surface area contributed by atoms with Crippen LogP contribution in [0, 0.1) is 0 Å². The predicted octanol–water partition coefficient (Wildman–Crippen LogP) is 3.67. The van der Waals surface area contributed by atoms with Crippen LogP contribution in [0.1, 0.15) is 43.3 Å². The number of para-hydroxylation sites is 1. The molecule has 2 aromatic carbocycles. The van der Waals surface area contributed by atoms with Gasteiger partial charge in [-0.25, -0.2) is 4.68 Å². The number of aromatic nitrogens is 2. The van der Waals surface area contributed by atoms with Gasteiger partial charge in [0.25, 0.3) is 17.7 Å². The number of fused-ring (bicyclic) bond motifs is 1. The van der Waals surface area contributed by atoms with Gasteiger partial charge >= 0.3 is 0 Å². The molecule has 8 nitrogen and oxygen atoms in total. The van der Waals surface area contributed by atoms with Gasteiger partial charge in [0.2, 0.25) is 0 Å². The van der Waals surface area contributed by atoms with Crippen molar-refractivity contribution in [2.24, 2.45) is 0 Å². The molecule has 3 N–H and O–H groups in total. The zero-order valence-electron chi connectivity index (χ0n) is 19.5. The lowest BCUT2D eigenvalue weighted by Gasteiger charge is -2.08. The molecule has 0 saturated carbocycles. The minimum atomic E-state index is -0.533. The van der Waals surface area contributed by atoms with E-state index in [9.17, 15) is 14.4 Å². The summed E-state index contributed by atoms with van der Waals surface area (Å²) in [4.78, 5) is 39.7. The number of amides is 3. The Hall–Kier alpha value is -4.24. The van der Waals surface area contributed by atoms with Crippen LogP contribution in [-0.4, -0.2) is 34.0 Å². The number of carbonyl (C=O) groups excluding carboxylic acids is 3. The molecule has 0 unspecified atom stereocenters. The summed E-state index contributed by atoms with van der Waals surface area (Å²) >= 11 is 1.49. The predicted molar refractivity (Wildman–Crippen MR) is 138 cm³/mol. The average molecular weight is 500 g/mol. The second kappa shape index (κ2) is 10.6. The van der Waals surface area contributed by atoms with Crippen molar-refractivity contribution in [3.05, 3.63) is 93.8 Å². The lowest BCUT2D eigenvalue weighted by Crippen LogP contribution is -2.46. The van der Waals surface area contributed by atoms with Crippen LogP contribution in [0.25, 0.3) is 16.9 Å². The Balaban J connectivity index is 1.23. The first-order valence-corrected chi connectivity index (χ1v) is 12.6. The zero-order chi connectivity index (χ0) is 24.9. The maximum atomic E-state index is 13.0. The smallest absolute Gasteiger partial charge is 0.273 e. The van der Waals surface area contributed by atoms with Crippen molar-refractivity contribution in [2.75, 3.05) is 6.54 Å². The number of benzene rings is 2. The molecule has 0 spiro atoms. The van der Waals surface area contributed by atoms with E-state index in [0.717, 1.165) is 36.9 Å². The van der Waals surface area contributed by atoms with Crippen molar-refractivity contribution in [1.29, 1.82) is 0 Å². The third-order valence-corrected chi connectivity index (χ3v) is 7.21. The van der Waals surface area contributed by atoms with Crippen molar-refractivity contribution < 1.29 is 14.4 Å². The van der Waals surface area contributed by atoms with Gasteiger partial charge < -0.3 is 5.32 Å². The standard InChI is InChI=1S/C27H25N5O3S/c33-24(16-28-27(35)23-15-19-11-7-8-14-22(19)36-23)29-30-26(34)21-17-32(20-12-5-2-6-13-20)31-25(21)18-9-3-1-4-10-18/h1-6,9-10,12-13,15,17H,7-8,11,14,16H2,(H,28,35)(H,29,33)(H,30,34). The number of rotatable bonds is 6. The fourth-order valence-corrected chi connectivity index (χ4v) is 5.32. The molecule has 182 valence electrons. The van der Waals surface area contributed by atoms with Crippen molar-refractivity contribution in [2.45, 2.75) is 25.7 Å². The van der Waals surface area contributed by atoms with E-state index in [1.165, 1.54) is 21.8 Å². The van der Waals surface area contributed by atoms with Gasteiger partial charge in [0.15, 0.2) is 0 Å². The summed E-state index contributed by atoms with van der Waals surface area (Å²) in [5, 5.41) is 7.23. The topological polar surface area (TPSA) is 105 Å². The van der Waals surface area contributed by atoms with Crippen LogP contribution in [0.2, 0.25) is 0 Å². The molecule has 0 radical (unpaired) electrons. The van der Waals surface area contributed by atoms with Gasteiger partial charge in [-0.1, -0.05) is 48.5 Å². The quantitative estimate of drug-likeness (QED) is 0.352. The fraction of sp³-hybridized carbons (Fsp3) is 0.185. The van der Waals surface area contributed by atoms with E-state index in [2.05, 4.69) is 21.3 Å². The number of carbonyl (C=O) groups is 3. The first-order chi connectivity index (χ1) is 17.6. The van der Waals surface area contributed by atoms with Crippen LogP contribution >= 0.6 is 11.3 Å². The maximum Gasteiger partial charge on any atom is 0.273 e. The number of hydrogen-bond acceptors (Lipinski definition) is 5. The van der Waals surface area contributed by atoms with Gasteiger partial charge in [-0.05, 0) is 49.4 Å². The molecule has 0 saturated heterocycles. The highest BCUT2D eigenvalue weighted by Gasteiger charge is 2.20. The number of hydrogen-bond donors (Lipinski definition) is 3. The molecule has 9 heteroatoms. The van der Waals surface area contributed by atoms with Crippen molar-refractivity contribution in [3.8, 4) is 16.9 Å². The van der Waals surface area contributed by atoms with E-state index in [-0.39, 0.29) is 12.5 Å². The maximum absolute atomic E-state index is 13.0. The fourth-order valence-electron chi connectivity index (χ4n) is 4.15. The summed E-state index contributed by atoms with van der Waals surface area (Å²) in [6.07, 6.45) is 5.92. The van der Waals surface area contributed by atoms with Crippen LogP contribution in [0.5, 0.6) is 0 Å². The molecular weight excluding hydrogens is 474 g/mol. The lowest BCUT2D eigenvalue weighted by atomic mass is 9.99. The van der Waals surface area contributed by atoms with Crippen LogP contribution in [-0.2, 0) is 17.6 Å². The molecule has 4 aromatic rings. The third kappa shape index (κ3) is 5.21. The highest BCUT2D eigenvalue weighted by Crippen LogP contribution is 2.29. The van der Waals surface area contributed by atoms with Crippen LogP contribution in [0.3, 0.4) is 0 Å². The summed E-state index contributed by atoms with van der Waals surface area (Å²) in [7, 11) is 0. The SMILES string of the molecule is O=C(CNC(=O)c1cc2c(s1)CCCC2)NNC(=O)c1cn(-c2ccccc2)nc1-c1ccccc1. The van der Waals surface area contributed by atoms with Crippen LogP contribution < -0.4 is 16.2 Å². The number of aryl methyl sites for hydroxylation is 2. The Morgan fingerprint density at radius 1 is 0.889 bits per heavy atom. The normalized spacial score (nSPS) is 12.4. The summed E-state index contributed by atoms with van der Waals surface area (Å²) in [5.74, 6) is -1.33. The molecule has 0 fully saturated rings. The lowest BCUT2D eigenvalue weighted by molar-refractivity contribution is -0.120. The van der Waals surface area contributed by atoms with Gasteiger partial charge in [0, 0.05) is 16.6 Å². The molecule has 1 aliphatic rings. The monoisotopic (exact) mass is 499 g/mol. The van der Waals surface area contributed by atoms with Crippen molar-refractivity contribution in [3.63, 3.8) is 0 Å². The molecule has 0 bridgehead atoms. The van der Waals surface area contributed by atoms with Gasteiger partial charge in [-0.2, -0.15) is 5.10 Å². The molecule has 0 atom stereocenters. The minimum Gasteiger partial charge on any atom is -0.342 e. The van der Waals surface area contributed by atoms with Crippen molar-refractivity contribution >= 4 is 29.1 Å². The van der Waals surface area contributed by atoms with E-state index in [4.69, 9.17) is 0 Å². The van der Waals surface area contributed by atoms with Gasteiger partial charge in [-0.3, -0.25) is 25.2 Å². The van der Waals surface area contributed by atoms with Gasteiger partial charge in [-0.15, -0.1) is 11.3 Å². The third-order valence-electron chi connectivity index (χ3n) is 5.97. The second-order valence-electron chi connectivity index (χ2n) is 8.49. The molecule has 2 heterocycles. The van der Waals surface area contributed by atoms with Gasteiger partial charge in [0.1, 0.15) is 5.69 Å². The van der Waals surface area contributed by atoms with E-state index >= 15 is 0 Å². The number of thiophene rings is 1. The highest BCUT2D eigenvalue weighted by atomic mass is 32.1. The summed E-state index contributed by atoms with van der Waals surface area (Å²) in [5.41, 5.74) is 8.41. The summed E-state index contributed by atoms with van der Waals surface area (Å²) < 4.78 is 1.62.